The lowest BCUT2D eigenvalue weighted by molar-refractivity contribution is -0.111. The summed E-state index contributed by atoms with van der Waals surface area (Å²) in [5.41, 5.74) is 2.49. The van der Waals surface area contributed by atoms with Crippen LogP contribution < -0.4 is 10.1 Å². The van der Waals surface area contributed by atoms with Crippen molar-refractivity contribution in [2.24, 2.45) is 0 Å². The Morgan fingerprint density at radius 3 is 2.52 bits per heavy atom. The third-order valence-electron chi connectivity index (χ3n) is 4.93. The molecular weight excluding hydrogens is 386 g/mol. The van der Waals surface area contributed by atoms with Gasteiger partial charge < -0.3 is 14.8 Å². The Hall–Kier alpha value is -2.60. The van der Waals surface area contributed by atoms with Gasteiger partial charge in [-0.15, -0.1) is 11.3 Å². The zero-order valence-corrected chi connectivity index (χ0v) is 17.8. The van der Waals surface area contributed by atoms with E-state index in [2.05, 4.69) is 5.32 Å². The molecule has 1 aliphatic rings. The minimum absolute atomic E-state index is 0.263. The van der Waals surface area contributed by atoms with E-state index in [1.807, 2.05) is 24.3 Å². The standard InChI is InChI=1S/C23H27NO4S/c1-3-28-23(26)21-18-8-6-4-5-7-9-19(18)29-22(21)24-20(25)15-12-16-10-13-17(27-2)14-11-16/h10-15H,3-9H2,1-2H3,(H,24,25)/b15-12-. The fourth-order valence-electron chi connectivity index (χ4n) is 3.47. The van der Waals surface area contributed by atoms with Crippen LogP contribution in [0.3, 0.4) is 0 Å². The predicted octanol–water partition coefficient (Wildman–Crippen LogP) is 5.24. The number of amides is 1. The zero-order chi connectivity index (χ0) is 20.6. The minimum atomic E-state index is -0.347. The maximum atomic E-state index is 12.6. The molecule has 1 aromatic heterocycles. The molecule has 1 heterocycles. The number of hydrogen-bond donors (Lipinski definition) is 1. The smallest absolute Gasteiger partial charge is 0.341 e. The second-order valence-corrected chi connectivity index (χ2v) is 8.04. The van der Waals surface area contributed by atoms with Crippen LogP contribution in [0.25, 0.3) is 6.08 Å². The quantitative estimate of drug-likeness (QED) is 0.519. The summed E-state index contributed by atoms with van der Waals surface area (Å²) in [4.78, 5) is 26.3. The molecule has 2 aromatic rings. The van der Waals surface area contributed by atoms with Crippen LogP contribution in [-0.4, -0.2) is 25.6 Å². The van der Waals surface area contributed by atoms with Crippen molar-refractivity contribution in [3.05, 3.63) is 51.9 Å². The summed E-state index contributed by atoms with van der Waals surface area (Å²) in [6.45, 7) is 2.11. The molecule has 1 aromatic carbocycles. The summed E-state index contributed by atoms with van der Waals surface area (Å²) in [7, 11) is 1.62. The number of fused-ring (bicyclic) bond motifs is 1. The molecule has 0 atom stereocenters. The first-order valence-corrected chi connectivity index (χ1v) is 10.9. The van der Waals surface area contributed by atoms with E-state index in [1.165, 1.54) is 35.1 Å². The summed E-state index contributed by atoms with van der Waals surface area (Å²) < 4.78 is 10.4. The topological polar surface area (TPSA) is 64.6 Å². The molecule has 5 nitrogen and oxygen atoms in total. The van der Waals surface area contributed by atoms with Gasteiger partial charge in [0.1, 0.15) is 10.8 Å². The van der Waals surface area contributed by atoms with Crippen molar-refractivity contribution in [1.82, 2.24) is 0 Å². The van der Waals surface area contributed by atoms with Crippen LogP contribution in [0.4, 0.5) is 5.00 Å². The third kappa shape index (κ3) is 5.48. The van der Waals surface area contributed by atoms with Gasteiger partial charge in [-0.25, -0.2) is 4.79 Å². The first-order chi connectivity index (χ1) is 14.1. The molecule has 1 aliphatic carbocycles. The van der Waals surface area contributed by atoms with Crippen molar-refractivity contribution in [3.8, 4) is 5.75 Å². The van der Waals surface area contributed by atoms with Crippen LogP contribution in [-0.2, 0) is 22.4 Å². The van der Waals surface area contributed by atoms with Crippen molar-refractivity contribution < 1.29 is 19.1 Å². The third-order valence-corrected chi connectivity index (χ3v) is 6.14. The Kier molecular flexibility index (Phi) is 7.47. The number of esters is 1. The Morgan fingerprint density at radius 2 is 1.83 bits per heavy atom. The van der Waals surface area contributed by atoms with Crippen LogP contribution in [0.1, 0.15) is 59.0 Å². The molecule has 29 heavy (non-hydrogen) atoms. The van der Waals surface area contributed by atoms with E-state index in [0.29, 0.717) is 17.2 Å². The molecule has 1 amide bonds. The normalized spacial score (nSPS) is 14.0. The van der Waals surface area contributed by atoms with Gasteiger partial charge in [0.05, 0.1) is 19.3 Å². The molecule has 0 fully saturated rings. The van der Waals surface area contributed by atoms with Gasteiger partial charge in [0.2, 0.25) is 5.91 Å². The molecule has 0 aliphatic heterocycles. The highest BCUT2D eigenvalue weighted by molar-refractivity contribution is 7.17. The molecule has 0 saturated carbocycles. The summed E-state index contributed by atoms with van der Waals surface area (Å²) >= 11 is 1.51. The number of thiophene rings is 1. The molecule has 0 bridgehead atoms. The first kappa shape index (κ1) is 21.1. The van der Waals surface area contributed by atoms with E-state index < -0.39 is 0 Å². The van der Waals surface area contributed by atoms with Crippen LogP contribution in [0.2, 0.25) is 0 Å². The molecule has 154 valence electrons. The van der Waals surface area contributed by atoms with Gasteiger partial charge in [0.15, 0.2) is 0 Å². The maximum absolute atomic E-state index is 12.6. The number of ether oxygens (including phenoxy) is 2. The summed E-state index contributed by atoms with van der Waals surface area (Å²) in [6.07, 6.45) is 9.57. The molecule has 3 rings (SSSR count). The lowest BCUT2D eigenvalue weighted by Gasteiger charge is -2.11. The Bertz CT molecular complexity index is 883. The largest absolute Gasteiger partial charge is 0.497 e. The minimum Gasteiger partial charge on any atom is -0.497 e. The molecule has 0 radical (unpaired) electrons. The zero-order valence-electron chi connectivity index (χ0n) is 17.0. The number of benzene rings is 1. The fraction of sp³-hybridized carbons (Fsp3) is 0.391. The Morgan fingerprint density at radius 1 is 1.10 bits per heavy atom. The summed E-state index contributed by atoms with van der Waals surface area (Å²) in [5, 5.41) is 3.50. The molecule has 0 saturated heterocycles. The van der Waals surface area contributed by atoms with E-state index in [4.69, 9.17) is 9.47 Å². The number of hydrogen-bond acceptors (Lipinski definition) is 5. The summed E-state index contributed by atoms with van der Waals surface area (Å²) in [5.74, 6) is 0.155. The fourth-order valence-corrected chi connectivity index (χ4v) is 4.75. The molecular formula is C23H27NO4S. The SMILES string of the molecule is CCOC(=O)c1c(NC(=O)/C=C\c2ccc(OC)cc2)sc2c1CCCCCC2. The van der Waals surface area contributed by atoms with Crippen LogP contribution in [0.15, 0.2) is 30.3 Å². The second kappa shape index (κ2) is 10.3. The van der Waals surface area contributed by atoms with E-state index >= 15 is 0 Å². The van der Waals surface area contributed by atoms with E-state index in [1.54, 1.807) is 20.1 Å². The Balaban J connectivity index is 1.80. The van der Waals surface area contributed by atoms with Crippen LogP contribution >= 0.6 is 11.3 Å². The molecule has 6 heteroatoms. The lowest BCUT2D eigenvalue weighted by atomic mass is 9.96. The number of rotatable bonds is 6. The van der Waals surface area contributed by atoms with Crippen molar-refractivity contribution in [1.29, 1.82) is 0 Å². The number of anilines is 1. The average molecular weight is 414 g/mol. The maximum Gasteiger partial charge on any atom is 0.341 e. The number of nitrogens with one attached hydrogen (secondary N) is 1. The number of methoxy groups -OCH3 is 1. The van der Waals surface area contributed by atoms with Gasteiger partial charge in [0, 0.05) is 11.0 Å². The number of carbonyl (C=O) groups is 2. The number of carbonyl (C=O) groups excluding carboxylic acids is 2. The van der Waals surface area contributed by atoms with E-state index in [9.17, 15) is 9.59 Å². The summed E-state index contributed by atoms with van der Waals surface area (Å²) in [6, 6.07) is 7.44. The first-order valence-electron chi connectivity index (χ1n) is 10.1. The monoisotopic (exact) mass is 413 g/mol. The molecule has 1 N–H and O–H groups in total. The van der Waals surface area contributed by atoms with Gasteiger partial charge >= 0.3 is 5.97 Å². The van der Waals surface area contributed by atoms with Gasteiger partial charge in [-0.3, -0.25) is 4.79 Å². The van der Waals surface area contributed by atoms with Gasteiger partial charge in [-0.1, -0.05) is 25.0 Å². The highest BCUT2D eigenvalue weighted by atomic mass is 32.1. The van der Waals surface area contributed by atoms with E-state index in [-0.39, 0.29) is 11.9 Å². The van der Waals surface area contributed by atoms with Gasteiger partial charge in [-0.05, 0) is 61.9 Å². The van der Waals surface area contributed by atoms with Gasteiger partial charge in [-0.2, -0.15) is 0 Å². The van der Waals surface area contributed by atoms with Crippen molar-refractivity contribution in [2.75, 3.05) is 19.0 Å². The van der Waals surface area contributed by atoms with E-state index in [0.717, 1.165) is 42.6 Å². The van der Waals surface area contributed by atoms with Crippen LogP contribution in [0, 0.1) is 0 Å². The second-order valence-electron chi connectivity index (χ2n) is 6.94. The Labute approximate surface area is 175 Å². The van der Waals surface area contributed by atoms with Crippen molar-refractivity contribution in [2.45, 2.75) is 45.4 Å². The highest BCUT2D eigenvalue weighted by Crippen LogP contribution is 2.37. The van der Waals surface area contributed by atoms with Crippen molar-refractivity contribution >= 4 is 34.3 Å². The highest BCUT2D eigenvalue weighted by Gasteiger charge is 2.25. The lowest BCUT2D eigenvalue weighted by Crippen LogP contribution is -2.13. The number of aryl methyl sites for hydroxylation is 1. The predicted molar refractivity (Wildman–Crippen MR) is 117 cm³/mol. The van der Waals surface area contributed by atoms with Crippen molar-refractivity contribution in [3.63, 3.8) is 0 Å². The van der Waals surface area contributed by atoms with Crippen LogP contribution in [0.5, 0.6) is 5.75 Å². The average Bonchev–Trinajstić information content (AvgIpc) is 3.03. The van der Waals surface area contributed by atoms with Gasteiger partial charge in [0.25, 0.3) is 0 Å². The molecule has 0 spiro atoms. The molecule has 0 unspecified atom stereocenters.